The Labute approximate surface area is 201 Å². The summed E-state index contributed by atoms with van der Waals surface area (Å²) in [6, 6.07) is 14.3. The van der Waals surface area contributed by atoms with E-state index < -0.39 is 0 Å². The van der Waals surface area contributed by atoms with Crippen molar-refractivity contribution in [2.45, 2.75) is 32.2 Å². The average Bonchev–Trinajstić information content (AvgIpc) is 3.68. The summed E-state index contributed by atoms with van der Waals surface area (Å²) in [7, 11) is 0. The molecule has 10 nitrogen and oxygen atoms in total. The second-order valence-electron chi connectivity index (χ2n) is 8.44. The van der Waals surface area contributed by atoms with E-state index >= 15 is 0 Å². The van der Waals surface area contributed by atoms with Crippen molar-refractivity contribution in [3.8, 4) is 0 Å². The van der Waals surface area contributed by atoms with Gasteiger partial charge >= 0.3 is 0 Å². The number of nitrogens with zero attached hydrogens (tertiary/aromatic N) is 5. The van der Waals surface area contributed by atoms with E-state index in [2.05, 4.69) is 35.9 Å². The number of nitrogens with one attached hydrogen (secondary N) is 3. The van der Waals surface area contributed by atoms with E-state index in [1.165, 1.54) is 23.3 Å². The van der Waals surface area contributed by atoms with E-state index in [4.69, 9.17) is 0 Å². The lowest BCUT2D eigenvalue weighted by Crippen LogP contribution is -2.27. The van der Waals surface area contributed by atoms with Crippen LogP contribution in [-0.4, -0.2) is 30.4 Å². The van der Waals surface area contributed by atoms with E-state index in [-0.39, 0.29) is 18.0 Å². The smallest absolute Gasteiger partial charge is 0.254 e. The number of amides is 1. The molecule has 1 aromatic carbocycles. The third-order valence-electron chi connectivity index (χ3n) is 5.49. The summed E-state index contributed by atoms with van der Waals surface area (Å²) >= 11 is 0. The standard InChI is InChI=1S/C25H24N8O2/c1-16-8-9-26-21(10-16)32-23-12-22(27-14-28-23)30-18-4-6-19(7-5-18)31-24(34)13-33-15-29-20(11-25(33)35)17-2-3-17/h4-12,14-15,17H,2-3,13H2,1H3,(H,31,34)(H2,26,27,28,30,32). The summed E-state index contributed by atoms with van der Waals surface area (Å²) in [5.74, 6) is 2.01. The van der Waals surface area contributed by atoms with Gasteiger partial charge in [0.2, 0.25) is 5.91 Å². The molecule has 0 radical (unpaired) electrons. The number of anilines is 5. The van der Waals surface area contributed by atoms with Crippen LogP contribution in [0.1, 0.15) is 30.0 Å². The van der Waals surface area contributed by atoms with Crippen LogP contribution in [0.25, 0.3) is 0 Å². The minimum Gasteiger partial charge on any atom is -0.340 e. The van der Waals surface area contributed by atoms with Gasteiger partial charge in [-0.2, -0.15) is 0 Å². The Morgan fingerprint density at radius 1 is 0.914 bits per heavy atom. The van der Waals surface area contributed by atoms with Crippen molar-refractivity contribution in [3.63, 3.8) is 0 Å². The highest BCUT2D eigenvalue weighted by molar-refractivity contribution is 5.90. The maximum absolute atomic E-state index is 12.4. The zero-order chi connectivity index (χ0) is 24.2. The topological polar surface area (TPSA) is 127 Å². The van der Waals surface area contributed by atoms with Crippen LogP contribution < -0.4 is 21.5 Å². The Bertz CT molecular complexity index is 1410. The lowest BCUT2D eigenvalue weighted by molar-refractivity contribution is -0.116. The second-order valence-corrected chi connectivity index (χ2v) is 8.44. The van der Waals surface area contributed by atoms with Gasteiger partial charge in [-0.15, -0.1) is 0 Å². The number of aryl methyl sites for hydroxylation is 1. The van der Waals surface area contributed by atoms with Gasteiger partial charge in [0.15, 0.2) is 0 Å². The highest BCUT2D eigenvalue weighted by atomic mass is 16.2. The van der Waals surface area contributed by atoms with Crippen LogP contribution in [0.5, 0.6) is 0 Å². The molecular weight excluding hydrogens is 444 g/mol. The molecule has 176 valence electrons. The second kappa shape index (κ2) is 9.72. The average molecular weight is 469 g/mol. The van der Waals surface area contributed by atoms with Gasteiger partial charge in [-0.25, -0.2) is 19.9 Å². The summed E-state index contributed by atoms with van der Waals surface area (Å²) in [6.07, 6.45) is 6.79. The normalized spacial score (nSPS) is 12.7. The lowest BCUT2D eigenvalue weighted by Gasteiger charge is -2.10. The Morgan fingerprint density at radius 3 is 2.34 bits per heavy atom. The molecule has 3 N–H and O–H groups in total. The minimum absolute atomic E-state index is 0.0940. The molecule has 0 spiro atoms. The SMILES string of the molecule is Cc1ccnc(Nc2cc(Nc3ccc(NC(=O)Cn4cnc(C5CC5)cc4=O)cc3)ncn2)c1. The molecule has 0 aliphatic heterocycles. The van der Waals surface area contributed by atoms with Crippen LogP contribution in [-0.2, 0) is 11.3 Å². The monoisotopic (exact) mass is 468 g/mol. The number of benzene rings is 1. The zero-order valence-electron chi connectivity index (χ0n) is 19.1. The first-order valence-electron chi connectivity index (χ1n) is 11.3. The largest absolute Gasteiger partial charge is 0.340 e. The molecule has 1 fully saturated rings. The molecule has 0 saturated heterocycles. The van der Waals surface area contributed by atoms with E-state index in [0.29, 0.717) is 29.1 Å². The molecule has 10 heteroatoms. The Kier molecular flexibility index (Phi) is 6.16. The van der Waals surface area contributed by atoms with Crippen molar-refractivity contribution >= 4 is 34.7 Å². The van der Waals surface area contributed by atoms with Crippen molar-refractivity contribution in [2.75, 3.05) is 16.0 Å². The molecule has 1 saturated carbocycles. The minimum atomic E-state index is -0.301. The highest BCUT2D eigenvalue weighted by Crippen LogP contribution is 2.38. The predicted octanol–water partition coefficient (Wildman–Crippen LogP) is 3.74. The number of carbonyl (C=O) groups excluding carboxylic acids is 1. The van der Waals surface area contributed by atoms with Crippen LogP contribution in [0.3, 0.4) is 0 Å². The number of carbonyl (C=O) groups is 1. The summed E-state index contributed by atoms with van der Waals surface area (Å²) in [5.41, 5.74) is 3.10. The summed E-state index contributed by atoms with van der Waals surface area (Å²) in [6.45, 7) is 1.90. The van der Waals surface area contributed by atoms with E-state index in [1.807, 2.05) is 31.2 Å². The van der Waals surface area contributed by atoms with Crippen LogP contribution >= 0.6 is 0 Å². The van der Waals surface area contributed by atoms with E-state index in [9.17, 15) is 9.59 Å². The number of hydrogen-bond donors (Lipinski definition) is 3. The molecule has 35 heavy (non-hydrogen) atoms. The number of aromatic nitrogens is 5. The van der Waals surface area contributed by atoms with Crippen LogP contribution in [0.15, 0.2) is 72.2 Å². The van der Waals surface area contributed by atoms with Gasteiger partial charge in [0, 0.05) is 35.6 Å². The molecular formula is C25H24N8O2. The van der Waals surface area contributed by atoms with Crippen LogP contribution in [0.4, 0.5) is 28.8 Å². The molecule has 3 heterocycles. The Hall–Kier alpha value is -4.60. The number of rotatable bonds is 8. The van der Waals surface area contributed by atoms with Crippen molar-refractivity contribution in [1.82, 2.24) is 24.5 Å². The Morgan fingerprint density at radius 2 is 1.63 bits per heavy atom. The molecule has 0 unspecified atom stereocenters. The first kappa shape index (κ1) is 22.2. The molecule has 3 aromatic heterocycles. The van der Waals surface area contributed by atoms with E-state index in [0.717, 1.165) is 29.8 Å². The third-order valence-corrected chi connectivity index (χ3v) is 5.49. The quantitative estimate of drug-likeness (QED) is 0.357. The summed E-state index contributed by atoms with van der Waals surface area (Å²) in [5, 5.41) is 9.17. The first-order chi connectivity index (χ1) is 17.0. The maximum atomic E-state index is 12.4. The van der Waals surface area contributed by atoms with Gasteiger partial charge in [-0.05, 0) is 61.7 Å². The van der Waals surface area contributed by atoms with Crippen molar-refractivity contribution < 1.29 is 4.79 Å². The van der Waals surface area contributed by atoms with Gasteiger partial charge in [0.05, 0.1) is 12.0 Å². The number of hydrogen-bond acceptors (Lipinski definition) is 8. The van der Waals surface area contributed by atoms with Crippen LogP contribution in [0, 0.1) is 6.92 Å². The van der Waals surface area contributed by atoms with E-state index in [1.54, 1.807) is 24.4 Å². The molecule has 1 amide bonds. The lowest BCUT2D eigenvalue weighted by atomic mass is 10.2. The molecule has 5 rings (SSSR count). The highest BCUT2D eigenvalue weighted by Gasteiger charge is 2.25. The molecule has 1 aliphatic rings. The van der Waals surface area contributed by atoms with Gasteiger partial charge in [0.1, 0.15) is 30.3 Å². The zero-order valence-corrected chi connectivity index (χ0v) is 19.1. The molecule has 0 bridgehead atoms. The van der Waals surface area contributed by atoms with Crippen molar-refractivity contribution in [3.05, 3.63) is 89.0 Å². The van der Waals surface area contributed by atoms with Gasteiger partial charge in [-0.1, -0.05) is 0 Å². The molecule has 1 aliphatic carbocycles. The first-order valence-corrected chi connectivity index (χ1v) is 11.3. The van der Waals surface area contributed by atoms with Gasteiger partial charge in [-0.3, -0.25) is 14.2 Å². The fraction of sp³-hybridized carbons (Fsp3) is 0.200. The van der Waals surface area contributed by atoms with Crippen molar-refractivity contribution in [1.29, 1.82) is 0 Å². The predicted molar refractivity (Wildman–Crippen MR) is 133 cm³/mol. The summed E-state index contributed by atoms with van der Waals surface area (Å²) in [4.78, 5) is 41.7. The molecule has 0 atom stereocenters. The third kappa shape index (κ3) is 5.85. The van der Waals surface area contributed by atoms with Gasteiger partial charge in [0.25, 0.3) is 5.56 Å². The van der Waals surface area contributed by atoms with Crippen molar-refractivity contribution in [2.24, 2.45) is 0 Å². The number of pyridine rings is 1. The fourth-order valence-electron chi connectivity index (χ4n) is 3.53. The maximum Gasteiger partial charge on any atom is 0.254 e. The van der Waals surface area contributed by atoms with Gasteiger partial charge < -0.3 is 16.0 Å². The Balaban J connectivity index is 1.18. The van der Waals surface area contributed by atoms with Crippen LogP contribution in [0.2, 0.25) is 0 Å². The summed E-state index contributed by atoms with van der Waals surface area (Å²) < 4.78 is 1.31. The molecule has 4 aromatic rings. The fourth-order valence-corrected chi connectivity index (χ4v) is 3.53.